The van der Waals surface area contributed by atoms with Gasteiger partial charge in [-0.25, -0.2) is 0 Å². The molecule has 2 aromatic rings. The highest BCUT2D eigenvalue weighted by atomic mass is 16.5. The molecule has 0 radical (unpaired) electrons. The van der Waals surface area contributed by atoms with Crippen molar-refractivity contribution in [2.45, 2.75) is 25.8 Å². The molecule has 0 saturated carbocycles. The van der Waals surface area contributed by atoms with Gasteiger partial charge in [0.05, 0.1) is 24.4 Å². The van der Waals surface area contributed by atoms with Gasteiger partial charge in [0.2, 0.25) is 0 Å². The SMILES string of the molecule is CCOc1ccc(C2CCCN2CN2C(=O)c3ccccc3C2=O)cc1. The maximum atomic E-state index is 12.6. The van der Waals surface area contributed by atoms with Crippen LogP contribution in [0.25, 0.3) is 0 Å². The predicted octanol–water partition coefficient (Wildman–Crippen LogP) is 3.48. The summed E-state index contributed by atoms with van der Waals surface area (Å²) in [6, 6.07) is 15.4. The number of nitrogens with zero attached hydrogens (tertiary/aromatic N) is 2. The number of fused-ring (bicyclic) bond motifs is 1. The standard InChI is InChI=1S/C21H22N2O3/c1-2-26-16-11-9-15(10-12-16)19-8-5-13-22(19)14-23-20(24)17-6-3-4-7-18(17)21(23)25/h3-4,6-7,9-12,19H,2,5,8,13-14H2,1H3. The molecule has 2 aromatic carbocycles. The number of carbonyl (C=O) groups excluding carboxylic acids is 2. The van der Waals surface area contributed by atoms with Gasteiger partial charge in [-0.2, -0.15) is 0 Å². The monoisotopic (exact) mass is 350 g/mol. The molecule has 2 aliphatic rings. The van der Waals surface area contributed by atoms with Crippen molar-refractivity contribution in [3.05, 3.63) is 65.2 Å². The van der Waals surface area contributed by atoms with Gasteiger partial charge in [-0.15, -0.1) is 0 Å². The molecule has 0 spiro atoms. The molecule has 2 amide bonds. The van der Waals surface area contributed by atoms with E-state index in [4.69, 9.17) is 4.74 Å². The summed E-state index contributed by atoms with van der Waals surface area (Å²) in [6.07, 6.45) is 2.08. The van der Waals surface area contributed by atoms with Crippen LogP contribution in [-0.2, 0) is 0 Å². The van der Waals surface area contributed by atoms with E-state index in [1.165, 1.54) is 10.5 Å². The van der Waals surface area contributed by atoms with Crippen LogP contribution in [0.3, 0.4) is 0 Å². The van der Waals surface area contributed by atoms with Crippen molar-refractivity contribution in [2.75, 3.05) is 19.8 Å². The second-order valence-electron chi connectivity index (χ2n) is 6.70. The van der Waals surface area contributed by atoms with Crippen molar-refractivity contribution in [3.63, 3.8) is 0 Å². The van der Waals surface area contributed by atoms with E-state index in [-0.39, 0.29) is 17.9 Å². The quantitative estimate of drug-likeness (QED) is 0.775. The zero-order valence-corrected chi connectivity index (χ0v) is 14.9. The molecule has 0 aromatic heterocycles. The summed E-state index contributed by atoms with van der Waals surface area (Å²) in [5, 5.41) is 0. The Bertz CT molecular complexity index is 796. The first-order valence-electron chi connectivity index (χ1n) is 9.11. The van der Waals surface area contributed by atoms with Crippen molar-refractivity contribution in [2.24, 2.45) is 0 Å². The predicted molar refractivity (Wildman–Crippen MR) is 98.1 cm³/mol. The second-order valence-corrected chi connectivity index (χ2v) is 6.70. The minimum absolute atomic E-state index is 0.192. The van der Waals surface area contributed by atoms with E-state index in [9.17, 15) is 9.59 Å². The molecule has 2 heterocycles. The zero-order chi connectivity index (χ0) is 18.1. The van der Waals surface area contributed by atoms with E-state index in [0.29, 0.717) is 24.4 Å². The average molecular weight is 350 g/mol. The van der Waals surface area contributed by atoms with E-state index in [0.717, 1.165) is 25.1 Å². The Kier molecular flexibility index (Phi) is 4.47. The van der Waals surface area contributed by atoms with Crippen molar-refractivity contribution in [1.82, 2.24) is 9.80 Å². The van der Waals surface area contributed by atoms with Crippen LogP contribution >= 0.6 is 0 Å². The fourth-order valence-electron chi connectivity index (χ4n) is 3.87. The largest absolute Gasteiger partial charge is 0.494 e. The lowest BCUT2D eigenvalue weighted by Gasteiger charge is -2.28. The fourth-order valence-corrected chi connectivity index (χ4v) is 3.87. The molecule has 5 heteroatoms. The third kappa shape index (κ3) is 2.88. The third-order valence-electron chi connectivity index (χ3n) is 5.14. The van der Waals surface area contributed by atoms with Crippen molar-refractivity contribution >= 4 is 11.8 Å². The van der Waals surface area contributed by atoms with Crippen LogP contribution in [0.2, 0.25) is 0 Å². The number of likely N-dealkylation sites (tertiary alicyclic amines) is 1. The molecule has 134 valence electrons. The van der Waals surface area contributed by atoms with Crippen LogP contribution in [0.4, 0.5) is 0 Å². The number of rotatable bonds is 5. The van der Waals surface area contributed by atoms with Gasteiger partial charge < -0.3 is 4.74 Å². The molecule has 1 atom stereocenters. The number of amides is 2. The minimum atomic E-state index is -0.192. The van der Waals surface area contributed by atoms with Gasteiger partial charge in [0.25, 0.3) is 11.8 Å². The van der Waals surface area contributed by atoms with Gasteiger partial charge in [-0.3, -0.25) is 19.4 Å². The maximum absolute atomic E-state index is 12.6. The minimum Gasteiger partial charge on any atom is -0.494 e. The van der Waals surface area contributed by atoms with Gasteiger partial charge >= 0.3 is 0 Å². The molecule has 0 aliphatic carbocycles. The average Bonchev–Trinajstić information content (AvgIpc) is 3.22. The summed E-state index contributed by atoms with van der Waals surface area (Å²) in [4.78, 5) is 28.8. The van der Waals surface area contributed by atoms with Gasteiger partial charge in [0, 0.05) is 12.6 Å². The molecule has 1 saturated heterocycles. The Morgan fingerprint density at radius 1 is 1.00 bits per heavy atom. The van der Waals surface area contributed by atoms with Crippen LogP contribution in [0.5, 0.6) is 5.75 Å². The smallest absolute Gasteiger partial charge is 0.262 e. The van der Waals surface area contributed by atoms with E-state index in [1.807, 2.05) is 19.1 Å². The normalized spacial score (nSPS) is 19.9. The van der Waals surface area contributed by atoms with Crippen LogP contribution in [0.1, 0.15) is 52.1 Å². The number of ether oxygens (including phenoxy) is 1. The highest BCUT2D eigenvalue weighted by molar-refractivity contribution is 6.21. The number of hydrogen-bond acceptors (Lipinski definition) is 4. The van der Waals surface area contributed by atoms with Gasteiger partial charge in [0.1, 0.15) is 5.75 Å². The van der Waals surface area contributed by atoms with Crippen LogP contribution in [0, 0.1) is 0 Å². The lowest BCUT2D eigenvalue weighted by Crippen LogP contribution is -2.40. The Balaban J connectivity index is 1.51. The summed E-state index contributed by atoms with van der Waals surface area (Å²) in [5.41, 5.74) is 2.21. The van der Waals surface area contributed by atoms with Crippen molar-refractivity contribution in [3.8, 4) is 5.75 Å². The van der Waals surface area contributed by atoms with Gasteiger partial charge in [-0.1, -0.05) is 24.3 Å². The molecular weight excluding hydrogens is 328 g/mol. The second kappa shape index (κ2) is 6.92. The molecule has 4 rings (SSSR count). The number of imide groups is 1. The van der Waals surface area contributed by atoms with Crippen molar-refractivity contribution < 1.29 is 14.3 Å². The Hall–Kier alpha value is -2.66. The van der Waals surface area contributed by atoms with Gasteiger partial charge in [0.15, 0.2) is 0 Å². The molecular formula is C21H22N2O3. The maximum Gasteiger partial charge on any atom is 0.262 e. The van der Waals surface area contributed by atoms with E-state index >= 15 is 0 Å². The van der Waals surface area contributed by atoms with Crippen LogP contribution in [-0.4, -0.2) is 41.4 Å². The molecule has 0 bridgehead atoms. The van der Waals surface area contributed by atoms with Gasteiger partial charge in [-0.05, 0) is 49.6 Å². The lowest BCUT2D eigenvalue weighted by atomic mass is 10.0. The number of hydrogen-bond donors (Lipinski definition) is 0. The highest BCUT2D eigenvalue weighted by Gasteiger charge is 2.38. The van der Waals surface area contributed by atoms with Crippen molar-refractivity contribution in [1.29, 1.82) is 0 Å². The first kappa shape index (κ1) is 16.8. The highest BCUT2D eigenvalue weighted by Crippen LogP contribution is 2.34. The van der Waals surface area contributed by atoms with E-state index < -0.39 is 0 Å². The molecule has 2 aliphatic heterocycles. The van der Waals surface area contributed by atoms with Crippen LogP contribution in [0.15, 0.2) is 48.5 Å². The number of benzene rings is 2. The molecule has 26 heavy (non-hydrogen) atoms. The molecule has 5 nitrogen and oxygen atoms in total. The Labute approximate surface area is 153 Å². The molecule has 1 unspecified atom stereocenters. The third-order valence-corrected chi connectivity index (χ3v) is 5.14. The summed E-state index contributed by atoms with van der Waals surface area (Å²) >= 11 is 0. The molecule has 1 fully saturated rings. The van der Waals surface area contributed by atoms with E-state index in [2.05, 4.69) is 17.0 Å². The van der Waals surface area contributed by atoms with Crippen LogP contribution < -0.4 is 4.74 Å². The van der Waals surface area contributed by atoms with E-state index in [1.54, 1.807) is 24.3 Å². The summed E-state index contributed by atoms with van der Waals surface area (Å²) in [6.45, 7) is 3.83. The summed E-state index contributed by atoms with van der Waals surface area (Å²) < 4.78 is 5.51. The lowest BCUT2D eigenvalue weighted by molar-refractivity contribution is 0.0526. The summed E-state index contributed by atoms with van der Waals surface area (Å²) in [5.74, 6) is 0.479. The fraction of sp³-hybridized carbons (Fsp3) is 0.333. The molecule has 0 N–H and O–H groups in total. The first-order chi connectivity index (χ1) is 12.7. The summed E-state index contributed by atoms with van der Waals surface area (Å²) in [7, 11) is 0. The zero-order valence-electron chi connectivity index (χ0n) is 14.9. The topological polar surface area (TPSA) is 49.9 Å². The number of carbonyl (C=O) groups is 2. The Morgan fingerprint density at radius 3 is 2.27 bits per heavy atom. The Morgan fingerprint density at radius 2 is 1.65 bits per heavy atom. The first-order valence-corrected chi connectivity index (χ1v) is 9.11.